The highest BCUT2D eigenvalue weighted by atomic mass is 35.5. The van der Waals surface area contributed by atoms with Gasteiger partial charge in [0.25, 0.3) is 5.56 Å². The lowest BCUT2D eigenvalue weighted by atomic mass is 9.83. The maximum Gasteiger partial charge on any atom is 0.255 e. The number of aromatic nitrogens is 3. The predicted molar refractivity (Wildman–Crippen MR) is 115 cm³/mol. The Kier molecular flexibility index (Phi) is 5.08. The van der Waals surface area contributed by atoms with Crippen molar-refractivity contribution in [2.75, 3.05) is 31.1 Å². The molecule has 0 spiro atoms. The van der Waals surface area contributed by atoms with Gasteiger partial charge in [-0.1, -0.05) is 24.1 Å². The summed E-state index contributed by atoms with van der Waals surface area (Å²) in [5, 5.41) is 0.602. The molecule has 0 saturated carbocycles. The number of anilines is 1. The molecule has 0 N–H and O–H groups in total. The standard InChI is InChI=1S/C22H28ClN5O/c1-15-24-10-19(23)21(25-15)27-11-16-9-18(14-27)20-6-5-17(22(29)28(20)12-16)13-26-7-3-2-4-8-26/h5-6,10,16,18H,2-4,7-9,11-14H2,1H3/t16-,18+/m0/s1. The molecule has 154 valence electrons. The monoisotopic (exact) mass is 413 g/mol. The number of pyridine rings is 1. The summed E-state index contributed by atoms with van der Waals surface area (Å²) in [6.07, 6.45) is 6.63. The normalized spacial score (nSPS) is 24.4. The van der Waals surface area contributed by atoms with Crippen LogP contribution in [0.5, 0.6) is 0 Å². The second-order valence-electron chi connectivity index (χ2n) is 8.83. The molecule has 7 heteroatoms. The highest BCUT2D eigenvalue weighted by molar-refractivity contribution is 6.32. The van der Waals surface area contributed by atoms with Gasteiger partial charge in [-0.05, 0) is 51.3 Å². The molecule has 2 saturated heterocycles. The number of aryl methyl sites for hydroxylation is 1. The SMILES string of the molecule is Cc1ncc(Cl)c(N2C[C@@H]3C[C@H](C2)c2ccc(CN4CCCCC4)c(=O)n2C3)n1. The molecule has 2 atom stereocenters. The van der Waals surface area contributed by atoms with Crippen LogP contribution in [-0.2, 0) is 13.1 Å². The molecule has 0 radical (unpaired) electrons. The number of rotatable bonds is 3. The van der Waals surface area contributed by atoms with E-state index < -0.39 is 0 Å². The lowest BCUT2D eigenvalue weighted by Crippen LogP contribution is -2.48. The van der Waals surface area contributed by atoms with Gasteiger partial charge < -0.3 is 9.47 Å². The van der Waals surface area contributed by atoms with Crippen molar-refractivity contribution < 1.29 is 0 Å². The molecule has 2 aromatic rings. The molecule has 2 bridgehead atoms. The lowest BCUT2D eigenvalue weighted by molar-refractivity contribution is 0.218. The first-order chi connectivity index (χ1) is 14.1. The number of fused-ring (bicyclic) bond motifs is 4. The molecule has 5 rings (SSSR count). The first-order valence-electron chi connectivity index (χ1n) is 10.8. The van der Waals surface area contributed by atoms with Gasteiger partial charge in [0.15, 0.2) is 5.82 Å². The molecule has 5 heterocycles. The molecule has 0 aromatic carbocycles. The minimum atomic E-state index is 0.215. The largest absolute Gasteiger partial charge is 0.354 e. The molecule has 0 unspecified atom stereocenters. The van der Waals surface area contributed by atoms with E-state index in [-0.39, 0.29) is 5.56 Å². The van der Waals surface area contributed by atoms with Gasteiger partial charge in [0, 0.05) is 43.4 Å². The molecule has 6 nitrogen and oxygen atoms in total. The fourth-order valence-corrected chi connectivity index (χ4v) is 5.52. The van der Waals surface area contributed by atoms with E-state index in [0.717, 1.165) is 62.9 Å². The van der Waals surface area contributed by atoms with Crippen molar-refractivity contribution in [1.82, 2.24) is 19.4 Å². The smallest absolute Gasteiger partial charge is 0.255 e. The number of nitrogens with zero attached hydrogens (tertiary/aromatic N) is 5. The van der Waals surface area contributed by atoms with Crippen LogP contribution in [-0.4, -0.2) is 45.6 Å². The third-order valence-electron chi connectivity index (χ3n) is 6.67. The van der Waals surface area contributed by atoms with E-state index in [1.165, 1.54) is 25.0 Å². The van der Waals surface area contributed by atoms with Crippen molar-refractivity contribution in [3.05, 3.63) is 50.8 Å². The third-order valence-corrected chi connectivity index (χ3v) is 6.94. The Morgan fingerprint density at radius 2 is 1.97 bits per heavy atom. The van der Waals surface area contributed by atoms with Crippen LogP contribution in [0.3, 0.4) is 0 Å². The molecule has 0 aliphatic carbocycles. The summed E-state index contributed by atoms with van der Waals surface area (Å²) in [5.74, 6) is 2.34. The zero-order valence-electron chi connectivity index (χ0n) is 17.0. The third kappa shape index (κ3) is 3.68. The first-order valence-corrected chi connectivity index (χ1v) is 11.2. The minimum Gasteiger partial charge on any atom is -0.354 e. The van der Waals surface area contributed by atoms with E-state index in [1.807, 2.05) is 6.92 Å². The van der Waals surface area contributed by atoms with E-state index in [9.17, 15) is 4.79 Å². The maximum atomic E-state index is 13.2. The Bertz CT molecular complexity index is 968. The highest BCUT2D eigenvalue weighted by Gasteiger charge is 2.36. The van der Waals surface area contributed by atoms with Crippen LogP contribution in [0.4, 0.5) is 5.82 Å². The predicted octanol–water partition coefficient (Wildman–Crippen LogP) is 3.21. The number of halogens is 1. The number of hydrogen-bond donors (Lipinski definition) is 0. The summed E-state index contributed by atoms with van der Waals surface area (Å²) in [7, 11) is 0. The van der Waals surface area contributed by atoms with Crippen LogP contribution in [0, 0.1) is 12.8 Å². The van der Waals surface area contributed by atoms with Crippen LogP contribution in [0.15, 0.2) is 23.1 Å². The molecule has 3 aliphatic rings. The van der Waals surface area contributed by atoms with E-state index in [0.29, 0.717) is 16.9 Å². The Balaban J connectivity index is 1.41. The molecule has 2 fully saturated rings. The van der Waals surface area contributed by atoms with E-state index >= 15 is 0 Å². The zero-order valence-corrected chi connectivity index (χ0v) is 17.7. The second kappa shape index (κ2) is 7.73. The van der Waals surface area contributed by atoms with Gasteiger partial charge in [0.05, 0.1) is 6.20 Å². The van der Waals surface area contributed by atoms with Crippen LogP contribution in [0.2, 0.25) is 5.02 Å². The summed E-state index contributed by atoms with van der Waals surface area (Å²) in [4.78, 5) is 26.7. The summed E-state index contributed by atoms with van der Waals surface area (Å²) in [6, 6.07) is 4.27. The molecular weight excluding hydrogens is 386 g/mol. The molecular formula is C22H28ClN5O. The minimum absolute atomic E-state index is 0.215. The van der Waals surface area contributed by atoms with E-state index in [4.69, 9.17) is 11.6 Å². The van der Waals surface area contributed by atoms with Crippen molar-refractivity contribution in [2.45, 2.75) is 51.6 Å². The Morgan fingerprint density at radius 1 is 1.14 bits per heavy atom. The van der Waals surface area contributed by atoms with Gasteiger partial charge in [-0.3, -0.25) is 9.69 Å². The lowest BCUT2D eigenvalue weighted by Gasteiger charge is -2.43. The zero-order chi connectivity index (χ0) is 20.0. The van der Waals surface area contributed by atoms with Gasteiger partial charge in [0.2, 0.25) is 0 Å². The van der Waals surface area contributed by atoms with Gasteiger partial charge in [-0.2, -0.15) is 0 Å². The maximum absolute atomic E-state index is 13.2. The molecule has 29 heavy (non-hydrogen) atoms. The average Bonchev–Trinajstić information content (AvgIpc) is 2.73. The molecule has 2 aromatic heterocycles. The Morgan fingerprint density at radius 3 is 2.79 bits per heavy atom. The number of hydrogen-bond acceptors (Lipinski definition) is 5. The summed E-state index contributed by atoms with van der Waals surface area (Å²) in [6.45, 7) is 7.42. The Hall–Kier alpha value is -1.92. The van der Waals surface area contributed by atoms with E-state index in [2.05, 4.69) is 36.5 Å². The average molecular weight is 414 g/mol. The Labute approximate surface area is 176 Å². The summed E-state index contributed by atoms with van der Waals surface area (Å²) in [5.41, 5.74) is 2.33. The van der Waals surface area contributed by atoms with Gasteiger partial charge in [-0.15, -0.1) is 0 Å². The van der Waals surface area contributed by atoms with Gasteiger partial charge >= 0.3 is 0 Å². The second-order valence-corrected chi connectivity index (χ2v) is 9.24. The fourth-order valence-electron chi connectivity index (χ4n) is 5.31. The summed E-state index contributed by atoms with van der Waals surface area (Å²) < 4.78 is 2.06. The van der Waals surface area contributed by atoms with E-state index in [1.54, 1.807) is 6.20 Å². The quantitative estimate of drug-likeness (QED) is 0.773. The van der Waals surface area contributed by atoms with Crippen LogP contribution in [0.25, 0.3) is 0 Å². The highest BCUT2D eigenvalue weighted by Crippen LogP contribution is 2.38. The first kappa shape index (κ1) is 19.1. The molecule has 0 amide bonds. The van der Waals surface area contributed by atoms with Crippen LogP contribution in [0.1, 0.15) is 48.7 Å². The van der Waals surface area contributed by atoms with Crippen molar-refractivity contribution in [1.29, 1.82) is 0 Å². The number of likely N-dealkylation sites (tertiary alicyclic amines) is 1. The number of piperidine rings is 2. The van der Waals surface area contributed by atoms with Crippen LogP contribution >= 0.6 is 11.6 Å². The van der Waals surface area contributed by atoms with Gasteiger partial charge in [-0.25, -0.2) is 9.97 Å². The fraction of sp³-hybridized carbons (Fsp3) is 0.591. The van der Waals surface area contributed by atoms with Crippen molar-refractivity contribution >= 4 is 17.4 Å². The van der Waals surface area contributed by atoms with Crippen molar-refractivity contribution in [3.63, 3.8) is 0 Å². The topological polar surface area (TPSA) is 54.3 Å². The summed E-state index contributed by atoms with van der Waals surface area (Å²) >= 11 is 6.40. The van der Waals surface area contributed by atoms with Crippen molar-refractivity contribution in [3.8, 4) is 0 Å². The molecule has 3 aliphatic heterocycles. The van der Waals surface area contributed by atoms with Crippen molar-refractivity contribution in [2.24, 2.45) is 5.92 Å². The van der Waals surface area contributed by atoms with Gasteiger partial charge in [0.1, 0.15) is 10.8 Å². The van der Waals surface area contributed by atoms with Crippen LogP contribution < -0.4 is 10.5 Å².